The van der Waals surface area contributed by atoms with Crippen LogP contribution in [-0.4, -0.2) is 13.1 Å². The lowest BCUT2D eigenvalue weighted by molar-refractivity contribution is -0.131. The Morgan fingerprint density at radius 1 is 1.46 bits per heavy atom. The molecule has 70 valence electrons. The van der Waals surface area contributed by atoms with E-state index in [2.05, 4.69) is 0 Å². The van der Waals surface area contributed by atoms with Crippen LogP contribution >= 0.6 is 0 Å². The number of hydrogen-bond acceptors (Lipinski definition) is 3. The molecule has 0 saturated heterocycles. The number of carbonyl (C=O) groups excluding carboxylic acids is 1. The van der Waals surface area contributed by atoms with Crippen molar-refractivity contribution in [3.8, 4) is 5.75 Å². The van der Waals surface area contributed by atoms with E-state index in [1.165, 1.54) is 6.92 Å². The zero-order chi connectivity index (χ0) is 9.68. The molecule has 0 fully saturated rings. The van der Waals surface area contributed by atoms with Crippen LogP contribution in [0.25, 0.3) is 0 Å². The van der Waals surface area contributed by atoms with E-state index < -0.39 is 0 Å². The van der Waals surface area contributed by atoms with Crippen LogP contribution in [0.3, 0.4) is 0 Å². The molecule has 1 rings (SSSR count). The van der Waals surface area contributed by atoms with Crippen molar-refractivity contribution >= 4 is 5.97 Å². The van der Waals surface area contributed by atoms with Gasteiger partial charge in [-0.2, -0.15) is 0 Å². The zero-order valence-electron chi connectivity index (χ0n) is 7.74. The second-order valence-electron chi connectivity index (χ2n) is 2.67. The quantitative estimate of drug-likeness (QED) is 0.525. The average molecular weight is 180 g/mol. The normalized spacial score (nSPS) is 9.69. The smallest absolute Gasteiger partial charge is 0.308 e. The fourth-order valence-corrected chi connectivity index (χ4v) is 1.03. The summed E-state index contributed by atoms with van der Waals surface area (Å²) >= 11 is 0. The molecule has 0 aromatic heterocycles. The van der Waals surface area contributed by atoms with Crippen LogP contribution in [0.4, 0.5) is 0 Å². The Labute approximate surface area is 77.3 Å². The highest BCUT2D eigenvalue weighted by Gasteiger charge is 1.98. The topological polar surface area (TPSA) is 35.5 Å². The highest BCUT2D eigenvalue weighted by atomic mass is 16.5. The minimum Gasteiger partial charge on any atom is -0.427 e. The third kappa shape index (κ3) is 3.25. The molecule has 0 amide bonds. The first-order valence-corrected chi connectivity index (χ1v) is 3.98. The summed E-state index contributed by atoms with van der Waals surface area (Å²) in [6.45, 7) is 1.90. The van der Waals surface area contributed by atoms with Gasteiger partial charge in [-0.05, 0) is 17.7 Å². The standard InChI is InChI=1S/C10H12O3/c1-8(11)13-10-5-3-4-9(6-10)7-12-2/h3-6H,7H2,1-2H3. The molecule has 0 aliphatic heterocycles. The van der Waals surface area contributed by atoms with Gasteiger partial charge in [-0.25, -0.2) is 0 Å². The molecule has 0 aliphatic rings. The van der Waals surface area contributed by atoms with Gasteiger partial charge in [0.15, 0.2) is 0 Å². The average Bonchev–Trinajstić information content (AvgIpc) is 2.04. The second-order valence-corrected chi connectivity index (χ2v) is 2.67. The Kier molecular flexibility index (Phi) is 3.46. The van der Waals surface area contributed by atoms with Gasteiger partial charge in [0.2, 0.25) is 0 Å². The van der Waals surface area contributed by atoms with E-state index in [4.69, 9.17) is 9.47 Å². The van der Waals surface area contributed by atoms with Gasteiger partial charge in [-0.15, -0.1) is 0 Å². The molecule has 0 spiro atoms. The molecule has 0 unspecified atom stereocenters. The summed E-state index contributed by atoms with van der Waals surface area (Å²) in [5.74, 6) is 0.247. The number of ether oxygens (including phenoxy) is 2. The highest BCUT2D eigenvalue weighted by molar-refractivity contribution is 5.69. The fraction of sp³-hybridized carbons (Fsp3) is 0.300. The molecule has 3 heteroatoms. The Morgan fingerprint density at radius 2 is 2.23 bits per heavy atom. The maximum atomic E-state index is 10.6. The van der Waals surface area contributed by atoms with E-state index in [0.29, 0.717) is 12.4 Å². The van der Waals surface area contributed by atoms with Gasteiger partial charge < -0.3 is 9.47 Å². The predicted molar refractivity (Wildman–Crippen MR) is 48.5 cm³/mol. The van der Waals surface area contributed by atoms with Gasteiger partial charge >= 0.3 is 5.97 Å². The first-order valence-electron chi connectivity index (χ1n) is 3.98. The van der Waals surface area contributed by atoms with Gasteiger partial charge in [0, 0.05) is 14.0 Å². The van der Waals surface area contributed by atoms with Crippen LogP contribution in [0.1, 0.15) is 12.5 Å². The SMILES string of the molecule is COCc1cccc(OC(C)=O)c1. The van der Waals surface area contributed by atoms with E-state index in [-0.39, 0.29) is 5.97 Å². The van der Waals surface area contributed by atoms with Crippen molar-refractivity contribution in [2.75, 3.05) is 7.11 Å². The largest absolute Gasteiger partial charge is 0.427 e. The Bertz CT molecular complexity index is 294. The molecule has 0 N–H and O–H groups in total. The minimum absolute atomic E-state index is 0.311. The Hall–Kier alpha value is -1.35. The highest BCUT2D eigenvalue weighted by Crippen LogP contribution is 2.13. The number of esters is 1. The van der Waals surface area contributed by atoms with Crippen LogP contribution in [0.5, 0.6) is 5.75 Å². The summed E-state index contributed by atoms with van der Waals surface area (Å²) in [5.41, 5.74) is 0.987. The zero-order valence-corrected chi connectivity index (χ0v) is 7.74. The van der Waals surface area contributed by atoms with Crippen LogP contribution in [-0.2, 0) is 16.1 Å². The minimum atomic E-state index is -0.311. The van der Waals surface area contributed by atoms with Crippen LogP contribution in [0, 0.1) is 0 Å². The van der Waals surface area contributed by atoms with Gasteiger partial charge in [0.1, 0.15) is 5.75 Å². The summed E-state index contributed by atoms with van der Waals surface area (Å²) in [7, 11) is 1.62. The van der Waals surface area contributed by atoms with Crippen molar-refractivity contribution in [3.05, 3.63) is 29.8 Å². The summed E-state index contributed by atoms with van der Waals surface area (Å²) in [4.78, 5) is 10.6. The van der Waals surface area contributed by atoms with Gasteiger partial charge in [-0.3, -0.25) is 4.79 Å². The lowest BCUT2D eigenvalue weighted by Gasteiger charge is -2.03. The third-order valence-corrected chi connectivity index (χ3v) is 1.47. The van der Waals surface area contributed by atoms with Crippen LogP contribution in [0.15, 0.2) is 24.3 Å². The van der Waals surface area contributed by atoms with Crippen molar-refractivity contribution in [1.29, 1.82) is 0 Å². The number of methoxy groups -OCH3 is 1. The van der Waals surface area contributed by atoms with Crippen molar-refractivity contribution in [1.82, 2.24) is 0 Å². The number of hydrogen-bond donors (Lipinski definition) is 0. The molecule has 0 saturated carbocycles. The molecule has 13 heavy (non-hydrogen) atoms. The summed E-state index contributed by atoms with van der Waals surface area (Å²) in [5, 5.41) is 0. The molecule has 1 aromatic rings. The van der Waals surface area contributed by atoms with Crippen LogP contribution in [0.2, 0.25) is 0 Å². The number of rotatable bonds is 3. The van der Waals surface area contributed by atoms with Gasteiger partial charge in [0.25, 0.3) is 0 Å². The molecule has 0 bridgehead atoms. The maximum Gasteiger partial charge on any atom is 0.308 e. The lowest BCUT2D eigenvalue weighted by atomic mass is 10.2. The molecule has 3 nitrogen and oxygen atoms in total. The monoisotopic (exact) mass is 180 g/mol. The number of carbonyl (C=O) groups is 1. The third-order valence-electron chi connectivity index (χ3n) is 1.47. The van der Waals surface area contributed by atoms with E-state index in [1.54, 1.807) is 19.2 Å². The Morgan fingerprint density at radius 3 is 2.85 bits per heavy atom. The first-order chi connectivity index (χ1) is 6.22. The Balaban J connectivity index is 2.73. The number of benzene rings is 1. The van der Waals surface area contributed by atoms with Crippen molar-refractivity contribution in [2.24, 2.45) is 0 Å². The summed E-state index contributed by atoms with van der Waals surface area (Å²) < 4.78 is 9.85. The van der Waals surface area contributed by atoms with E-state index in [0.717, 1.165) is 5.56 Å². The lowest BCUT2D eigenvalue weighted by Crippen LogP contribution is -2.01. The predicted octanol–water partition coefficient (Wildman–Crippen LogP) is 1.76. The van der Waals surface area contributed by atoms with Gasteiger partial charge in [-0.1, -0.05) is 12.1 Å². The molecule has 0 heterocycles. The van der Waals surface area contributed by atoms with E-state index >= 15 is 0 Å². The second kappa shape index (κ2) is 4.62. The van der Waals surface area contributed by atoms with Gasteiger partial charge in [0.05, 0.1) is 6.61 Å². The maximum absolute atomic E-state index is 10.6. The molecule has 1 aromatic carbocycles. The summed E-state index contributed by atoms with van der Waals surface area (Å²) in [6.07, 6.45) is 0. The first kappa shape index (κ1) is 9.74. The van der Waals surface area contributed by atoms with E-state index in [1.807, 2.05) is 12.1 Å². The fourth-order valence-electron chi connectivity index (χ4n) is 1.03. The van der Waals surface area contributed by atoms with Crippen molar-refractivity contribution < 1.29 is 14.3 Å². The molecular formula is C10H12O3. The molecule has 0 atom stereocenters. The molecular weight excluding hydrogens is 168 g/mol. The van der Waals surface area contributed by atoms with Crippen LogP contribution < -0.4 is 4.74 Å². The summed E-state index contributed by atoms with van der Waals surface area (Å²) in [6, 6.07) is 7.26. The van der Waals surface area contributed by atoms with E-state index in [9.17, 15) is 4.79 Å². The molecule has 0 aliphatic carbocycles. The van der Waals surface area contributed by atoms with Crippen molar-refractivity contribution in [3.63, 3.8) is 0 Å². The van der Waals surface area contributed by atoms with Crippen molar-refractivity contribution in [2.45, 2.75) is 13.5 Å². The molecule has 0 radical (unpaired) electrons.